The summed E-state index contributed by atoms with van der Waals surface area (Å²) in [5, 5.41) is 0.388. The average molecular weight is 421 g/mol. The SMILES string of the molecule is COc1ccc(C(=O)N2CC[C@H](C)Sc3ccccc32)cc1S(=O)(=O)N(C)C. The van der Waals surface area contributed by atoms with E-state index in [1.807, 2.05) is 24.3 Å². The van der Waals surface area contributed by atoms with Crippen molar-refractivity contribution in [3.63, 3.8) is 0 Å². The third kappa shape index (κ3) is 3.90. The number of carbonyl (C=O) groups is 1. The van der Waals surface area contributed by atoms with Crippen molar-refractivity contribution in [3.8, 4) is 5.75 Å². The van der Waals surface area contributed by atoms with Gasteiger partial charge in [0.15, 0.2) is 0 Å². The lowest BCUT2D eigenvalue weighted by atomic mass is 10.1. The molecule has 150 valence electrons. The Morgan fingerprint density at radius 1 is 1.21 bits per heavy atom. The van der Waals surface area contributed by atoms with Gasteiger partial charge in [-0.25, -0.2) is 12.7 Å². The molecule has 8 heteroatoms. The minimum absolute atomic E-state index is 0.0169. The summed E-state index contributed by atoms with van der Waals surface area (Å²) in [5.41, 5.74) is 1.17. The number of rotatable bonds is 4. The monoisotopic (exact) mass is 420 g/mol. The molecule has 0 spiro atoms. The van der Waals surface area contributed by atoms with Crippen LogP contribution in [0.4, 0.5) is 5.69 Å². The molecule has 1 aliphatic rings. The second-order valence-corrected chi connectivity index (χ2v) is 10.4. The van der Waals surface area contributed by atoms with Gasteiger partial charge in [0.2, 0.25) is 10.0 Å². The molecule has 3 rings (SSSR count). The molecule has 0 saturated carbocycles. The van der Waals surface area contributed by atoms with E-state index in [2.05, 4.69) is 6.92 Å². The molecule has 28 heavy (non-hydrogen) atoms. The van der Waals surface area contributed by atoms with E-state index in [9.17, 15) is 13.2 Å². The summed E-state index contributed by atoms with van der Waals surface area (Å²) >= 11 is 1.75. The number of carbonyl (C=O) groups excluding carboxylic acids is 1. The molecule has 0 radical (unpaired) electrons. The number of thioether (sulfide) groups is 1. The van der Waals surface area contributed by atoms with Crippen LogP contribution >= 0.6 is 11.8 Å². The molecule has 0 unspecified atom stereocenters. The van der Waals surface area contributed by atoms with Gasteiger partial charge in [-0.3, -0.25) is 4.79 Å². The molecule has 6 nitrogen and oxygen atoms in total. The first-order valence-electron chi connectivity index (χ1n) is 8.94. The van der Waals surface area contributed by atoms with Crippen molar-refractivity contribution in [2.45, 2.75) is 28.4 Å². The minimum Gasteiger partial charge on any atom is -0.495 e. The van der Waals surface area contributed by atoms with Crippen LogP contribution in [-0.2, 0) is 10.0 Å². The number of hydrogen-bond donors (Lipinski definition) is 0. The van der Waals surface area contributed by atoms with Crippen molar-refractivity contribution in [2.24, 2.45) is 0 Å². The highest BCUT2D eigenvalue weighted by atomic mass is 32.2. The fourth-order valence-electron chi connectivity index (χ4n) is 3.06. The summed E-state index contributed by atoms with van der Waals surface area (Å²) in [4.78, 5) is 16.1. The van der Waals surface area contributed by atoms with E-state index in [1.54, 1.807) is 22.7 Å². The Hall–Kier alpha value is -2.03. The second-order valence-electron chi connectivity index (χ2n) is 6.79. The maximum Gasteiger partial charge on any atom is 0.258 e. The van der Waals surface area contributed by atoms with Crippen LogP contribution in [0.25, 0.3) is 0 Å². The predicted octanol–water partition coefficient (Wildman–Crippen LogP) is 3.48. The first kappa shape index (κ1) is 20.7. The number of methoxy groups -OCH3 is 1. The van der Waals surface area contributed by atoms with E-state index in [-0.39, 0.29) is 16.6 Å². The highest BCUT2D eigenvalue weighted by Crippen LogP contribution is 2.38. The van der Waals surface area contributed by atoms with Crippen LogP contribution in [0.3, 0.4) is 0 Å². The van der Waals surface area contributed by atoms with Crippen LogP contribution in [0.5, 0.6) is 5.75 Å². The van der Waals surface area contributed by atoms with Crippen molar-refractivity contribution in [1.29, 1.82) is 0 Å². The topological polar surface area (TPSA) is 66.9 Å². The number of nitrogens with zero attached hydrogens (tertiary/aromatic N) is 2. The minimum atomic E-state index is -3.75. The maximum absolute atomic E-state index is 13.3. The Balaban J connectivity index is 2.06. The first-order chi connectivity index (χ1) is 13.3. The van der Waals surface area contributed by atoms with Gasteiger partial charge in [-0.05, 0) is 36.8 Å². The van der Waals surface area contributed by atoms with Crippen LogP contribution in [0.1, 0.15) is 23.7 Å². The number of hydrogen-bond acceptors (Lipinski definition) is 5. The lowest BCUT2D eigenvalue weighted by molar-refractivity contribution is 0.0986. The van der Waals surface area contributed by atoms with Crippen molar-refractivity contribution in [2.75, 3.05) is 32.6 Å². The normalized spacial score (nSPS) is 17.2. The summed E-state index contributed by atoms with van der Waals surface area (Å²) in [6.45, 7) is 2.72. The van der Waals surface area contributed by atoms with E-state index in [0.717, 1.165) is 21.3 Å². The molecule has 2 aromatic rings. The number of fused-ring (bicyclic) bond motifs is 1. The number of ether oxygens (including phenoxy) is 1. The third-order valence-electron chi connectivity index (χ3n) is 4.66. The number of anilines is 1. The van der Waals surface area contributed by atoms with Gasteiger partial charge in [0.1, 0.15) is 10.6 Å². The largest absolute Gasteiger partial charge is 0.495 e. The molecule has 0 aliphatic carbocycles. The Labute approximate surface area is 170 Å². The zero-order valence-corrected chi connectivity index (χ0v) is 18.0. The van der Waals surface area contributed by atoms with Crippen molar-refractivity contribution in [3.05, 3.63) is 48.0 Å². The smallest absolute Gasteiger partial charge is 0.258 e. The van der Waals surface area contributed by atoms with Crippen molar-refractivity contribution < 1.29 is 17.9 Å². The number of benzene rings is 2. The van der Waals surface area contributed by atoms with Crippen LogP contribution in [0.15, 0.2) is 52.3 Å². The maximum atomic E-state index is 13.3. The first-order valence-corrected chi connectivity index (χ1v) is 11.3. The van der Waals surface area contributed by atoms with Gasteiger partial charge in [-0.1, -0.05) is 19.1 Å². The molecule has 0 N–H and O–H groups in total. The van der Waals surface area contributed by atoms with E-state index >= 15 is 0 Å². The summed E-state index contributed by atoms with van der Waals surface area (Å²) in [7, 11) is 0.565. The van der Waals surface area contributed by atoms with Gasteiger partial charge in [0, 0.05) is 36.3 Å². The standard InChI is InChI=1S/C20H24N2O4S2/c1-14-11-12-22(16-7-5-6-8-18(16)27-14)20(23)15-9-10-17(26-4)19(13-15)28(24,25)21(2)3/h5-10,13-14H,11-12H2,1-4H3/t14-/m0/s1. The van der Waals surface area contributed by atoms with Gasteiger partial charge in [0.05, 0.1) is 12.8 Å². The Morgan fingerprint density at radius 3 is 2.61 bits per heavy atom. The second kappa shape index (κ2) is 8.14. The quantitative estimate of drug-likeness (QED) is 0.758. The van der Waals surface area contributed by atoms with Crippen molar-refractivity contribution >= 4 is 33.4 Å². The molecule has 1 atom stereocenters. The average Bonchev–Trinajstić information content (AvgIpc) is 2.84. The third-order valence-corrected chi connectivity index (χ3v) is 7.73. The summed E-state index contributed by atoms with van der Waals surface area (Å²) < 4.78 is 31.7. The highest BCUT2D eigenvalue weighted by Gasteiger charge is 2.28. The summed E-state index contributed by atoms with van der Waals surface area (Å²) in [6, 6.07) is 12.4. The van der Waals surface area contributed by atoms with E-state index in [0.29, 0.717) is 17.4 Å². The molecule has 0 aromatic heterocycles. The van der Waals surface area contributed by atoms with Crippen LogP contribution in [-0.4, -0.2) is 51.6 Å². The Bertz CT molecular complexity index is 989. The van der Waals surface area contributed by atoms with Crippen LogP contribution in [0, 0.1) is 0 Å². The molecule has 1 heterocycles. The Kier molecular flexibility index (Phi) is 6.02. The Morgan fingerprint density at radius 2 is 1.93 bits per heavy atom. The zero-order chi connectivity index (χ0) is 20.5. The number of para-hydroxylation sites is 1. The molecular weight excluding hydrogens is 396 g/mol. The van der Waals surface area contributed by atoms with Gasteiger partial charge < -0.3 is 9.64 Å². The van der Waals surface area contributed by atoms with Gasteiger partial charge in [-0.15, -0.1) is 11.8 Å². The lowest BCUT2D eigenvalue weighted by Gasteiger charge is -2.23. The number of amides is 1. The fraction of sp³-hybridized carbons (Fsp3) is 0.350. The molecule has 0 bridgehead atoms. The predicted molar refractivity (Wildman–Crippen MR) is 112 cm³/mol. The van der Waals surface area contributed by atoms with E-state index in [4.69, 9.17) is 4.74 Å². The van der Waals surface area contributed by atoms with E-state index < -0.39 is 10.0 Å². The zero-order valence-electron chi connectivity index (χ0n) is 16.4. The summed E-state index contributed by atoms with van der Waals surface area (Å²) in [5.74, 6) is -0.00861. The van der Waals surface area contributed by atoms with Crippen LogP contribution < -0.4 is 9.64 Å². The summed E-state index contributed by atoms with van der Waals surface area (Å²) in [6.07, 6.45) is 0.851. The van der Waals surface area contributed by atoms with Gasteiger partial charge in [0.25, 0.3) is 5.91 Å². The van der Waals surface area contributed by atoms with E-state index in [1.165, 1.54) is 33.3 Å². The highest BCUT2D eigenvalue weighted by molar-refractivity contribution is 8.00. The number of sulfonamides is 1. The molecule has 1 aliphatic heterocycles. The molecule has 1 amide bonds. The molecule has 0 fully saturated rings. The molecular formula is C20H24N2O4S2. The molecule has 0 saturated heterocycles. The molecule has 2 aromatic carbocycles. The fourth-order valence-corrected chi connectivity index (χ4v) is 5.25. The van der Waals surface area contributed by atoms with Gasteiger partial charge in [-0.2, -0.15) is 0 Å². The van der Waals surface area contributed by atoms with Crippen LogP contribution in [0.2, 0.25) is 0 Å². The van der Waals surface area contributed by atoms with Crippen molar-refractivity contribution in [1.82, 2.24) is 4.31 Å². The van der Waals surface area contributed by atoms with Gasteiger partial charge >= 0.3 is 0 Å². The lowest BCUT2D eigenvalue weighted by Crippen LogP contribution is -2.32.